The van der Waals surface area contributed by atoms with E-state index in [9.17, 15) is 0 Å². The highest BCUT2D eigenvalue weighted by atomic mass is 16.2. The van der Waals surface area contributed by atoms with E-state index in [0.717, 1.165) is 31.8 Å². The van der Waals surface area contributed by atoms with Crippen LogP contribution in [0.25, 0.3) is 0 Å². The maximum Gasteiger partial charge on any atom is 0.224 e. The van der Waals surface area contributed by atoms with E-state index in [1.54, 1.807) is 12.4 Å². The summed E-state index contributed by atoms with van der Waals surface area (Å²) in [5.74, 6) is 0.761. The van der Waals surface area contributed by atoms with Gasteiger partial charge in [-0.1, -0.05) is 0 Å². The third-order valence-corrected chi connectivity index (χ3v) is 2.05. The van der Waals surface area contributed by atoms with Crippen molar-refractivity contribution in [3.8, 4) is 0 Å². The number of aliphatic hydroxyl groups is 1. The van der Waals surface area contributed by atoms with Crippen LogP contribution in [0.4, 0.5) is 5.95 Å². The Morgan fingerprint density at radius 1 is 1.21 bits per heavy atom. The fourth-order valence-electron chi connectivity index (χ4n) is 1.23. The molecule has 78 valence electrons. The van der Waals surface area contributed by atoms with Gasteiger partial charge in [0.25, 0.3) is 0 Å². The molecule has 0 fully saturated rings. The Morgan fingerprint density at radius 3 is 2.57 bits per heavy atom. The first-order valence-corrected chi connectivity index (χ1v) is 4.93. The minimum atomic E-state index is 0.283. The molecule has 1 rings (SSSR count). The van der Waals surface area contributed by atoms with Gasteiger partial charge in [0.15, 0.2) is 0 Å². The summed E-state index contributed by atoms with van der Waals surface area (Å²) < 4.78 is 0. The van der Waals surface area contributed by atoms with Crippen LogP contribution in [-0.4, -0.2) is 35.3 Å². The van der Waals surface area contributed by atoms with Gasteiger partial charge < -0.3 is 10.0 Å². The topological polar surface area (TPSA) is 49.2 Å². The first-order valence-electron chi connectivity index (χ1n) is 4.93. The molecule has 0 aliphatic rings. The summed E-state index contributed by atoms with van der Waals surface area (Å²) in [5.41, 5.74) is 0. The van der Waals surface area contributed by atoms with Crippen molar-refractivity contribution in [2.24, 2.45) is 0 Å². The van der Waals surface area contributed by atoms with Crippen LogP contribution < -0.4 is 4.90 Å². The number of nitrogens with zero attached hydrogens (tertiary/aromatic N) is 3. The summed E-state index contributed by atoms with van der Waals surface area (Å²) in [4.78, 5) is 10.3. The van der Waals surface area contributed by atoms with E-state index >= 15 is 0 Å². The molecule has 0 radical (unpaired) electrons. The summed E-state index contributed by atoms with van der Waals surface area (Å²) >= 11 is 0. The molecule has 0 spiro atoms. The number of hydrogen-bond donors (Lipinski definition) is 1. The fraction of sp³-hybridized carbons (Fsp3) is 0.600. The number of unbranched alkanes of at least 4 members (excludes halogenated alkanes) is 2. The van der Waals surface area contributed by atoms with Crippen molar-refractivity contribution in [2.75, 3.05) is 25.1 Å². The molecule has 0 saturated heterocycles. The second kappa shape index (κ2) is 6.32. The van der Waals surface area contributed by atoms with Gasteiger partial charge in [0.2, 0.25) is 5.95 Å². The molecule has 0 atom stereocenters. The zero-order valence-corrected chi connectivity index (χ0v) is 8.56. The second-order valence-electron chi connectivity index (χ2n) is 3.25. The van der Waals surface area contributed by atoms with Crippen LogP contribution in [0.3, 0.4) is 0 Å². The van der Waals surface area contributed by atoms with Crippen molar-refractivity contribution < 1.29 is 5.11 Å². The van der Waals surface area contributed by atoms with Crippen LogP contribution in [-0.2, 0) is 0 Å². The van der Waals surface area contributed by atoms with Crippen LogP contribution in [0.5, 0.6) is 0 Å². The molecule has 4 nitrogen and oxygen atoms in total. The van der Waals surface area contributed by atoms with Crippen LogP contribution in [0.15, 0.2) is 18.5 Å². The fourth-order valence-corrected chi connectivity index (χ4v) is 1.23. The number of aromatic nitrogens is 2. The zero-order valence-electron chi connectivity index (χ0n) is 8.56. The van der Waals surface area contributed by atoms with Gasteiger partial charge in [-0.25, -0.2) is 9.97 Å². The standard InChI is InChI=1S/C10H17N3O/c1-13(8-3-2-4-9-14)10-11-6-5-7-12-10/h5-7,14H,2-4,8-9H2,1H3. The highest BCUT2D eigenvalue weighted by molar-refractivity contribution is 5.25. The monoisotopic (exact) mass is 195 g/mol. The molecule has 0 saturated carbocycles. The first kappa shape index (κ1) is 10.9. The van der Waals surface area contributed by atoms with Crippen molar-refractivity contribution in [1.82, 2.24) is 9.97 Å². The second-order valence-corrected chi connectivity index (χ2v) is 3.25. The molecule has 0 amide bonds. The molecule has 0 aromatic carbocycles. The summed E-state index contributed by atoms with van der Waals surface area (Å²) in [6, 6.07) is 1.81. The van der Waals surface area contributed by atoms with E-state index in [-0.39, 0.29) is 6.61 Å². The first-order chi connectivity index (χ1) is 6.84. The average Bonchev–Trinajstić information content (AvgIpc) is 2.25. The van der Waals surface area contributed by atoms with Gasteiger partial charge in [0, 0.05) is 32.6 Å². The van der Waals surface area contributed by atoms with Gasteiger partial charge in [0.1, 0.15) is 0 Å². The van der Waals surface area contributed by atoms with Gasteiger partial charge in [-0.15, -0.1) is 0 Å². The highest BCUT2D eigenvalue weighted by Gasteiger charge is 2.01. The average molecular weight is 195 g/mol. The Hall–Kier alpha value is -1.16. The Morgan fingerprint density at radius 2 is 1.93 bits per heavy atom. The van der Waals surface area contributed by atoms with E-state index in [4.69, 9.17) is 5.11 Å². The molecule has 1 aromatic rings. The highest BCUT2D eigenvalue weighted by Crippen LogP contribution is 2.04. The Balaban J connectivity index is 2.25. The van der Waals surface area contributed by atoms with E-state index < -0.39 is 0 Å². The molecule has 1 heterocycles. The molecule has 0 aliphatic heterocycles. The predicted octanol–water partition coefficient (Wildman–Crippen LogP) is 1.08. The molecule has 4 heteroatoms. The number of hydrogen-bond acceptors (Lipinski definition) is 4. The van der Waals surface area contributed by atoms with Gasteiger partial charge >= 0.3 is 0 Å². The van der Waals surface area contributed by atoms with E-state index in [1.807, 2.05) is 18.0 Å². The Labute approximate surface area is 84.6 Å². The normalized spacial score (nSPS) is 10.1. The van der Waals surface area contributed by atoms with Crippen molar-refractivity contribution in [1.29, 1.82) is 0 Å². The van der Waals surface area contributed by atoms with E-state index in [0.29, 0.717) is 0 Å². The smallest absolute Gasteiger partial charge is 0.224 e. The minimum absolute atomic E-state index is 0.283. The van der Waals surface area contributed by atoms with E-state index in [1.165, 1.54) is 0 Å². The number of anilines is 1. The van der Waals surface area contributed by atoms with Crippen LogP contribution in [0.1, 0.15) is 19.3 Å². The SMILES string of the molecule is CN(CCCCCO)c1ncccn1. The number of aliphatic hydroxyl groups excluding tert-OH is 1. The van der Waals surface area contributed by atoms with Crippen molar-refractivity contribution in [2.45, 2.75) is 19.3 Å². The van der Waals surface area contributed by atoms with Crippen molar-refractivity contribution in [3.05, 3.63) is 18.5 Å². The van der Waals surface area contributed by atoms with Crippen LogP contribution >= 0.6 is 0 Å². The molecule has 14 heavy (non-hydrogen) atoms. The lowest BCUT2D eigenvalue weighted by Gasteiger charge is -2.15. The van der Waals surface area contributed by atoms with Gasteiger partial charge in [-0.05, 0) is 25.3 Å². The quantitative estimate of drug-likeness (QED) is 0.690. The van der Waals surface area contributed by atoms with Crippen LogP contribution in [0.2, 0.25) is 0 Å². The number of rotatable bonds is 6. The molecule has 0 bridgehead atoms. The lowest BCUT2D eigenvalue weighted by atomic mass is 10.2. The van der Waals surface area contributed by atoms with Crippen molar-refractivity contribution >= 4 is 5.95 Å². The lowest BCUT2D eigenvalue weighted by Crippen LogP contribution is -2.20. The predicted molar refractivity (Wildman–Crippen MR) is 56.2 cm³/mol. The molecular formula is C10H17N3O. The largest absolute Gasteiger partial charge is 0.396 e. The van der Waals surface area contributed by atoms with Crippen LogP contribution in [0, 0.1) is 0 Å². The molecule has 1 aromatic heterocycles. The molecule has 0 aliphatic carbocycles. The Bertz CT molecular complexity index is 240. The lowest BCUT2D eigenvalue weighted by molar-refractivity contribution is 0.283. The third-order valence-electron chi connectivity index (χ3n) is 2.05. The maximum atomic E-state index is 8.61. The van der Waals surface area contributed by atoms with Gasteiger partial charge in [0.05, 0.1) is 0 Å². The third kappa shape index (κ3) is 3.70. The summed E-state index contributed by atoms with van der Waals surface area (Å²) in [6.07, 6.45) is 6.48. The van der Waals surface area contributed by atoms with Crippen molar-refractivity contribution in [3.63, 3.8) is 0 Å². The summed E-state index contributed by atoms with van der Waals surface area (Å²) in [7, 11) is 1.98. The summed E-state index contributed by atoms with van der Waals surface area (Å²) in [6.45, 7) is 1.22. The van der Waals surface area contributed by atoms with Gasteiger partial charge in [-0.3, -0.25) is 0 Å². The molecule has 0 unspecified atom stereocenters. The molecule has 1 N–H and O–H groups in total. The Kier molecular flexibility index (Phi) is 4.93. The minimum Gasteiger partial charge on any atom is -0.396 e. The maximum absolute atomic E-state index is 8.61. The van der Waals surface area contributed by atoms with E-state index in [2.05, 4.69) is 9.97 Å². The molecular weight excluding hydrogens is 178 g/mol. The summed E-state index contributed by atoms with van der Waals surface area (Å²) in [5, 5.41) is 8.61. The van der Waals surface area contributed by atoms with Gasteiger partial charge in [-0.2, -0.15) is 0 Å². The zero-order chi connectivity index (χ0) is 10.2.